The molecule has 0 bridgehead atoms. The number of hydrogen-bond acceptors (Lipinski definition) is 3. The number of nitrogens with zero attached hydrogens (tertiary/aromatic N) is 2. The monoisotopic (exact) mass is 379 g/mol. The zero-order valence-electron chi connectivity index (χ0n) is 16.9. The summed E-state index contributed by atoms with van der Waals surface area (Å²) in [4.78, 5) is 29.4. The van der Waals surface area contributed by atoms with Gasteiger partial charge in [0, 0.05) is 38.3 Å². The predicted octanol–water partition coefficient (Wildman–Crippen LogP) is 2.67. The molecule has 28 heavy (non-hydrogen) atoms. The number of carbonyl (C=O) groups is 2. The van der Waals surface area contributed by atoms with Crippen LogP contribution in [-0.4, -0.2) is 54.8 Å². The van der Waals surface area contributed by atoms with E-state index in [1.807, 2.05) is 73.3 Å². The van der Waals surface area contributed by atoms with E-state index >= 15 is 0 Å². The van der Waals surface area contributed by atoms with Crippen LogP contribution >= 0.6 is 0 Å². The van der Waals surface area contributed by atoms with Gasteiger partial charge in [0.05, 0.1) is 5.41 Å². The van der Waals surface area contributed by atoms with E-state index < -0.39 is 5.41 Å². The summed E-state index contributed by atoms with van der Waals surface area (Å²) in [6, 6.07) is 17.3. The molecule has 1 fully saturated rings. The molecular formula is C23H29N3O2. The average Bonchev–Trinajstić information content (AvgIpc) is 2.73. The quantitative estimate of drug-likeness (QED) is 0.869. The zero-order chi connectivity index (χ0) is 20.1. The number of benzene rings is 2. The maximum absolute atomic E-state index is 12.7. The van der Waals surface area contributed by atoms with E-state index in [9.17, 15) is 9.59 Å². The Morgan fingerprint density at radius 2 is 1.54 bits per heavy atom. The number of piperazine rings is 1. The van der Waals surface area contributed by atoms with E-state index in [-0.39, 0.29) is 11.8 Å². The second-order valence-electron chi connectivity index (χ2n) is 7.97. The van der Waals surface area contributed by atoms with Gasteiger partial charge in [-0.3, -0.25) is 9.59 Å². The molecule has 3 rings (SSSR count). The van der Waals surface area contributed by atoms with Crippen LogP contribution in [0.5, 0.6) is 0 Å². The van der Waals surface area contributed by atoms with E-state index in [1.54, 1.807) is 0 Å². The standard InChI is InChI=1S/C23H29N3O2/c1-23(2,20-7-5-4-6-8-20)22(28)24-17-18-9-11-19(12-10-18)21(27)26-15-13-25(3)14-16-26/h4-12H,13-17H2,1-3H3,(H,24,28). The van der Waals surface area contributed by atoms with Gasteiger partial charge in [-0.1, -0.05) is 42.5 Å². The third kappa shape index (κ3) is 4.60. The Balaban J connectivity index is 1.57. The molecule has 5 heteroatoms. The summed E-state index contributed by atoms with van der Waals surface area (Å²) in [7, 11) is 2.07. The van der Waals surface area contributed by atoms with Crippen molar-refractivity contribution in [1.82, 2.24) is 15.1 Å². The van der Waals surface area contributed by atoms with E-state index in [1.165, 1.54) is 0 Å². The normalized spacial score (nSPS) is 15.3. The number of nitrogens with one attached hydrogen (secondary N) is 1. The van der Waals surface area contributed by atoms with E-state index in [2.05, 4.69) is 17.3 Å². The molecule has 2 amide bonds. The van der Waals surface area contributed by atoms with Gasteiger partial charge in [0.1, 0.15) is 0 Å². The van der Waals surface area contributed by atoms with Crippen LogP contribution in [0.2, 0.25) is 0 Å². The van der Waals surface area contributed by atoms with Crippen LogP contribution in [0.1, 0.15) is 35.3 Å². The summed E-state index contributed by atoms with van der Waals surface area (Å²) in [5.41, 5.74) is 2.07. The molecule has 0 atom stereocenters. The number of rotatable bonds is 5. The highest BCUT2D eigenvalue weighted by Gasteiger charge is 2.29. The van der Waals surface area contributed by atoms with E-state index in [4.69, 9.17) is 0 Å². The third-order valence-electron chi connectivity index (χ3n) is 5.51. The fraction of sp³-hybridized carbons (Fsp3) is 0.391. The van der Waals surface area contributed by atoms with Crippen molar-refractivity contribution in [2.24, 2.45) is 0 Å². The fourth-order valence-corrected chi connectivity index (χ4v) is 3.35. The molecule has 1 aliphatic rings. The predicted molar refractivity (Wildman–Crippen MR) is 111 cm³/mol. The van der Waals surface area contributed by atoms with Gasteiger partial charge in [-0.25, -0.2) is 0 Å². The Bertz CT molecular complexity index is 808. The molecule has 1 aliphatic heterocycles. The molecule has 0 saturated carbocycles. The molecule has 0 radical (unpaired) electrons. The zero-order valence-corrected chi connectivity index (χ0v) is 16.9. The van der Waals surface area contributed by atoms with Crippen molar-refractivity contribution in [3.8, 4) is 0 Å². The Hall–Kier alpha value is -2.66. The molecule has 5 nitrogen and oxygen atoms in total. The molecule has 0 unspecified atom stereocenters. The average molecular weight is 380 g/mol. The van der Waals surface area contributed by atoms with Crippen molar-refractivity contribution in [1.29, 1.82) is 0 Å². The summed E-state index contributed by atoms with van der Waals surface area (Å²) in [6.07, 6.45) is 0. The maximum Gasteiger partial charge on any atom is 0.253 e. The lowest BCUT2D eigenvalue weighted by molar-refractivity contribution is -0.125. The van der Waals surface area contributed by atoms with Crippen molar-refractivity contribution < 1.29 is 9.59 Å². The van der Waals surface area contributed by atoms with Crippen molar-refractivity contribution in [2.45, 2.75) is 25.8 Å². The molecule has 2 aromatic carbocycles. The largest absolute Gasteiger partial charge is 0.351 e. The highest BCUT2D eigenvalue weighted by Crippen LogP contribution is 2.23. The summed E-state index contributed by atoms with van der Waals surface area (Å²) in [5, 5.41) is 3.01. The maximum atomic E-state index is 12.7. The highest BCUT2D eigenvalue weighted by atomic mass is 16.2. The molecule has 0 aromatic heterocycles. The van der Waals surface area contributed by atoms with Crippen molar-refractivity contribution >= 4 is 11.8 Å². The first-order chi connectivity index (χ1) is 13.4. The number of hydrogen-bond donors (Lipinski definition) is 1. The number of likely N-dealkylation sites (N-methyl/N-ethyl adjacent to an activating group) is 1. The van der Waals surface area contributed by atoms with Gasteiger partial charge < -0.3 is 15.1 Å². The second kappa shape index (κ2) is 8.57. The van der Waals surface area contributed by atoms with Crippen LogP contribution < -0.4 is 5.32 Å². The van der Waals surface area contributed by atoms with Gasteiger partial charge in [-0.2, -0.15) is 0 Å². The van der Waals surface area contributed by atoms with E-state index in [0.717, 1.165) is 37.3 Å². The summed E-state index contributed by atoms with van der Waals surface area (Å²) >= 11 is 0. The van der Waals surface area contributed by atoms with Crippen LogP contribution in [0.4, 0.5) is 0 Å². The molecule has 2 aromatic rings. The molecule has 0 spiro atoms. The Labute approximate surface area is 167 Å². The summed E-state index contributed by atoms with van der Waals surface area (Å²) in [6.45, 7) is 7.65. The van der Waals surface area contributed by atoms with Crippen molar-refractivity contribution in [2.75, 3.05) is 33.2 Å². The third-order valence-corrected chi connectivity index (χ3v) is 5.51. The molecular weight excluding hydrogens is 350 g/mol. The smallest absolute Gasteiger partial charge is 0.253 e. The molecule has 1 N–H and O–H groups in total. The summed E-state index contributed by atoms with van der Waals surface area (Å²) < 4.78 is 0. The van der Waals surface area contributed by atoms with Gasteiger partial charge in [0.15, 0.2) is 0 Å². The van der Waals surface area contributed by atoms with Crippen molar-refractivity contribution in [3.05, 3.63) is 71.3 Å². The topological polar surface area (TPSA) is 52.6 Å². The Morgan fingerprint density at radius 3 is 2.14 bits per heavy atom. The lowest BCUT2D eigenvalue weighted by Gasteiger charge is -2.32. The van der Waals surface area contributed by atoms with Gasteiger partial charge >= 0.3 is 0 Å². The Kier molecular flexibility index (Phi) is 6.15. The minimum atomic E-state index is -0.599. The van der Waals surface area contributed by atoms with Crippen LogP contribution in [0.3, 0.4) is 0 Å². The fourth-order valence-electron chi connectivity index (χ4n) is 3.35. The second-order valence-corrected chi connectivity index (χ2v) is 7.97. The first-order valence-electron chi connectivity index (χ1n) is 9.78. The minimum Gasteiger partial charge on any atom is -0.351 e. The van der Waals surface area contributed by atoms with Gasteiger partial charge in [-0.05, 0) is 44.2 Å². The van der Waals surface area contributed by atoms with Crippen molar-refractivity contribution in [3.63, 3.8) is 0 Å². The first-order valence-corrected chi connectivity index (χ1v) is 9.78. The Morgan fingerprint density at radius 1 is 0.929 bits per heavy atom. The van der Waals surface area contributed by atoms with Crippen LogP contribution in [0.15, 0.2) is 54.6 Å². The lowest BCUT2D eigenvalue weighted by Crippen LogP contribution is -2.47. The molecule has 0 aliphatic carbocycles. The first kappa shape index (κ1) is 20.1. The van der Waals surface area contributed by atoms with Gasteiger partial charge in [0.2, 0.25) is 5.91 Å². The lowest BCUT2D eigenvalue weighted by atomic mass is 9.84. The molecule has 1 saturated heterocycles. The summed E-state index contributed by atoms with van der Waals surface area (Å²) in [5.74, 6) is 0.0604. The SMILES string of the molecule is CN1CCN(C(=O)c2ccc(CNC(=O)C(C)(C)c3ccccc3)cc2)CC1. The molecule has 148 valence electrons. The van der Waals surface area contributed by atoms with Gasteiger partial charge in [0.25, 0.3) is 5.91 Å². The van der Waals surface area contributed by atoms with Gasteiger partial charge in [-0.15, -0.1) is 0 Å². The van der Waals surface area contributed by atoms with E-state index in [0.29, 0.717) is 12.1 Å². The highest BCUT2D eigenvalue weighted by molar-refractivity contribution is 5.94. The molecule has 1 heterocycles. The van der Waals surface area contributed by atoms with Crippen LogP contribution in [-0.2, 0) is 16.8 Å². The van der Waals surface area contributed by atoms with Crippen LogP contribution in [0, 0.1) is 0 Å². The number of amides is 2. The number of carbonyl (C=O) groups excluding carboxylic acids is 2. The van der Waals surface area contributed by atoms with Crippen LogP contribution in [0.25, 0.3) is 0 Å². The minimum absolute atomic E-state index is 0.0173.